The number of hydrogen-bond acceptors (Lipinski definition) is 3. The number of nitrogens with one attached hydrogen (secondary N) is 1. The quantitative estimate of drug-likeness (QED) is 0.725. The molecule has 0 fully saturated rings. The van der Waals surface area contributed by atoms with E-state index in [2.05, 4.69) is 5.32 Å². The number of amides is 1. The van der Waals surface area contributed by atoms with Crippen LogP contribution in [0.25, 0.3) is 0 Å². The first kappa shape index (κ1) is 22.0. The second-order valence-corrected chi connectivity index (χ2v) is 8.32. The fraction of sp³-hybridized carbons (Fsp3) is 0.278. The van der Waals surface area contributed by atoms with Crippen molar-refractivity contribution in [3.63, 3.8) is 0 Å². The summed E-state index contributed by atoms with van der Waals surface area (Å²) in [7, 11) is -3.84. The van der Waals surface area contributed by atoms with Crippen molar-refractivity contribution in [3.8, 4) is 0 Å². The summed E-state index contributed by atoms with van der Waals surface area (Å²) in [6.45, 7) is 1.62. The molecule has 0 aromatic heterocycles. The van der Waals surface area contributed by atoms with Crippen molar-refractivity contribution in [2.45, 2.75) is 25.6 Å². The average Bonchev–Trinajstić information content (AvgIpc) is 2.57. The molecule has 152 valence electrons. The molecule has 0 heterocycles. The zero-order chi connectivity index (χ0) is 21.1. The minimum Gasteiger partial charge on any atom is -0.324 e. The zero-order valence-corrected chi connectivity index (χ0v) is 16.6. The first-order valence-corrected chi connectivity index (χ1v) is 10.4. The maximum Gasteiger partial charge on any atom is 0.416 e. The van der Waals surface area contributed by atoms with Gasteiger partial charge in [0, 0.05) is 10.7 Å². The first-order valence-electron chi connectivity index (χ1n) is 8.16. The molecule has 1 atom stereocenters. The van der Waals surface area contributed by atoms with E-state index in [1.165, 1.54) is 12.1 Å². The number of nitrogens with zero attached hydrogens (tertiary/aromatic N) is 1. The molecule has 0 aliphatic rings. The fourth-order valence-electron chi connectivity index (χ4n) is 2.64. The van der Waals surface area contributed by atoms with E-state index in [0.717, 1.165) is 34.8 Å². The van der Waals surface area contributed by atoms with Gasteiger partial charge in [-0.15, -0.1) is 0 Å². The summed E-state index contributed by atoms with van der Waals surface area (Å²) in [6.07, 6.45) is -3.40. The summed E-state index contributed by atoms with van der Waals surface area (Å²) in [5.41, 5.74) is -0.519. The largest absolute Gasteiger partial charge is 0.416 e. The summed E-state index contributed by atoms with van der Waals surface area (Å²) in [4.78, 5) is 12.7. The van der Waals surface area contributed by atoms with Gasteiger partial charge in [0.25, 0.3) is 0 Å². The highest BCUT2D eigenvalue weighted by Crippen LogP contribution is 2.30. The van der Waals surface area contributed by atoms with Crippen LogP contribution in [0.2, 0.25) is 5.02 Å². The number of halogens is 4. The standard InChI is InChI=1S/C18H18ClF3N2O3S/c1-3-16(24(28(2,26)27)15-6-4-5-13(19)11-15)17(25)23-14-9-7-12(8-10-14)18(20,21)22/h4-11,16H,3H2,1-2H3,(H,23,25)/t16-/m1/s1. The molecular weight excluding hydrogens is 417 g/mol. The molecule has 2 aromatic carbocycles. The maximum absolute atomic E-state index is 12.7. The molecule has 10 heteroatoms. The number of hydrogen-bond donors (Lipinski definition) is 1. The van der Waals surface area contributed by atoms with Crippen molar-refractivity contribution < 1.29 is 26.4 Å². The number of rotatable bonds is 6. The Kier molecular flexibility index (Phi) is 6.61. The smallest absolute Gasteiger partial charge is 0.324 e. The minimum absolute atomic E-state index is 0.121. The molecular formula is C18H18ClF3N2O3S. The van der Waals surface area contributed by atoms with Crippen LogP contribution in [0.5, 0.6) is 0 Å². The van der Waals surface area contributed by atoms with Crippen molar-refractivity contribution in [3.05, 3.63) is 59.1 Å². The summed E-state index contributed by atoms with van der Waals surface area (Å²) < 4.78 is 63.6. The van der Waals surface area contributed by atoms with E-state index in [-0.39, 0.29) is 17.8 Å². The Morgan fingerprint density at radius 1 is 1.18 bits per heavy atom. The third kappa shape index (κ3) is 5.39. The second kappa shape index (κ2) is 8.40. The predicted octanol–water partition coefficient (Wildman–Crippen LogP) is 4.54. The van der Waals surface area contributed by atoms with Gasteiger partial charge in [-0.3, -0.25) is 9.10 Å². The fourth-order valence-corrected chi connectivity index (χ4v) is 4.03. The Morgan fingerprint density at radius 3 is 2.25 bits per heavy atom. The number of carbonyl (C=O) groups is 1. The molecule has 28 heavy (non-hydrogen) atoms. The Labute approximate surface area is 166 Å². The highest BCUT2D eigenvalue weighted by atomic mass is 35.5. The second-order valence-electron chi connectivity index (χ2n) is 6.03. The molecule has 2 rings (SSSR count). The number of anilines is 2. The molecule has 0 saturated heterocycles. The monoisotopic (exact) mass is 434 g/mol. The van der Waals surface area contributed by atoms with E-state index in [0.29, 0.717) is 5.02 Å². The van der Waals surface area contributed by atoms with E-state index < -0.39 is 33.7 Å². The van der Waals surface area contributed by atoms with Crippen molar-refractivity contribution in [2.24, 2.45) is 0 Å². The van der Waals surface area contributed by atoms with Gasteiger partial charge in [0.2, 0.25) is 15.9 Å². The van der Waals surface area contributed by atoms with Crippen LogP contribution in [0.4, 0.5) is 24.5 Å². The van der Waals surface area contributed by atoms with Crippen LogP contribution in [0.1, 0.15) is 18.9 Å². The number of carbonyl (C=O) groups excluding carboxylic acids is 1. The van der Waals surface area contributed by atoms with Crippen molar-refractivity contribution in [1.29, 1.82) is 0 Å². The highest BCUT2D eigenvalue weighted by molar-refractivity contribution is 7.92. The van der Waals surface area contributed by atoms with Crippen molar-refractivity contribution >= 4 is 38.9 Å². The SMILES string of the molecule is CC[C@H](C(=O)Nc1ccc(C(F)(F)F)cc1)N(c1cccc(Cl)c1)S(C)(=O)=O. The van der Waals surface area contributed by atoms with E-state index >= 15 is 0 Å². The van der Waals surface area contributed by atoms with Crippen LogP contribution in [-0.2, 0) is 21.0 Å². The average molecular weight is 435 g/mol. The van der Waals surface area contributed by atoms with Crippen LogP contribution in [0.3, 0.4) is 0 Å². The van der Waals surface area contributed by atoms with Gasteiger partial charge in [0.15, 0.2) is 0 Å². The van der Waals surface area contributed by atoms with Crippen molar-refractivity contribution in [2.75, 3.05) is 15.9 Å². The van der Waals surface area contributed by atoms with Gasteiger partial charge in [-0.25, -0.2) is 8.42 Å². The lowest BCUT2D eigenvalue weighted by molar-refractivity contribution is -0.137. The molecule has 0 spiro atoms. The Bertz CT molecular complexity index is 947. The Morgan fingerprint density at radius 2 is 1.79 bits per heavy atom. The predicted molar refractivity (Wildman–Crippen MR) is 103 cm³/mol. The summed E-state index contributed by atoms with van der Waals surface area (Å²) in [6, 6.07) is 8.80. The molecule has 1 amide bonds. The molecule has 0 bridgehead atoms. The number of sulfonamides is 1. The summed E-state index contributed by atoms with van der Waals surface area (Å²) in [5, 5.41) is 2.76. The van der Waals surface area contributed by atoms with Gasteiger partial charge in [-0.05, 0) is 48.9 Å². The molecule has 1 N–H and O–H groups in total. The first-order chi connectivity index (χ1) is 12.9. The molecule has 0 saturated carbocycles. The lowest BCUT2D eigenvalue weighted by atomic mass is 10.1. The van der Waals surface area contributed by atoms with Crippen molar-refractivity contribution in [1.82, 2.24) is 0 Å². The molecule has 0 aliphatic heterocycles. The molecule has 0 aliphatic carbocycles. The van der Waals surface area contributed by atoms with Crippen LogP contribution in [0.15, 0.2) is 48.5 Å². The Hall–Kier alpha value is -2.26. The molecule has 0 radical (unpaired) electrons. The zero-order valence-electron chi connectivity index (χ0n) is 15.0. The number of alkyl halides is 3. The van der Waals surface area contributed by atoms with E-state index in [9.17, 15) is 26.4 Å². The highest BCUT2D eigenvalue weighted by Gasteiger charge is 2.32. The lowest BCUT2D eigenvalue weighted by Crippen LogP contribution is -2.47. The molecule has 2 aromatic rings. The van der Waals surface area contributed by atoms with Gasteiger partial charge < -0.3 is 5.32 Å². The van der Waals surface area contributed by atoms with Gasteiger partial charge in [-0.1, -0.05) is 24.6 Å². The van der Waals surface area contributed by atoms with E-state index in [1.807, 2.05) is 0 Å². The van der Waals surface area contributed by atoms with Gasteiger partial charge in [-0.2, -0.15) is 13.2 Å². The third-order valence-corrected chi connectivity index (χ3v) is 5.29. The van der Waals surface area contributed by atoms with Crippen LogP contribution in [-0.4, -0.2) is 26.6 Å². The third-order valence-electron chi connectivity index (χ3n) is 3.87. The van der Waals surface area contributed by atoms with E-state index in [1.54, 1.807) is 19.1 Å². The van der Waals surface area contributed by atoms with E-state index in [4.69, 9.17) is 11.6 Å². The molecule has 0 unspecified atom stereocenters. The Balaban J connectivity index is 2.32. The summed E-state index contributed by atoms with van der Waals surface area (Å²) >= 11 is 5.93. The van der Waals surface area contributed by atoms with Crippen LogP contribution >= 0.6 is 11.6 Å². The normalized spacial score (nSPS) is 13.1. The minimum atomic E-state index is -4.49. The lowest BCUT2D eigenvalue weighted by Gasteiger charge is -2.30. The molecule has 5 nitrogen and oxygen atoms in total. The number of benzene rings is 2. The summed E-state index contributed by atoms with van der Waals surface area (Å²) in [5.74, 6) is -0.673. The van der Waals surface area contributed by atoms with Gasteiger partial charge in [0.05, 0.1) is 17.5 Å². The van der Waals surface area contributed by atoms with Gasteiger partial charge >= 0.3 is 6.18 Å². The topological polar surface area (TPSA) is 66.5 Å². The maximum atomic E-state index is 12.7. The van der Waals surface area contributed by atoms with Gasteiger partial charge in [0.1, 0.15) is 6.04 Å². The van der Waals surface area contributed by atoms with Crippen LogP contribution < -0.4 is 9.62 Å². The van der Waals surface area contributed by atoms with Crippen LogP contribution in [0, 0.1) is 0 Å².